The van der Waals surface area contributed by atoms with Gasteiger partial charge in [0.15, 0.2) is 0 Å². The molecule has 0 radical (unpaired) electrons. The molecule has 0 spiro atoms. The van der Waals surface area contributed by atoms with Crippen molar-refractivity contribution in [2.75, 3.05) is 6.54 Å². The molecule has 2 heterocycles. The lowest BCUT2D eigenvalue weighted by Crippen LogP contribution is -2.17. The van der Waals surface area contributed by atoms with Gasteiger partial charge < -0.3 is 10.4 Å². The Bertz CT molecular complexity index is 678. The summed E-state index contributed by atoms with van der Waals surface area (Å²) < 4.78 is 1.23. The number of para-hydroxylation sites is 1. The van der Waals surface area contributed by atoms with E-state index in [1.807, 2.05) is 0 Å². The first-order valence-corrected chi connectivity index (χ1v) is 7.89. The molecule has 4 nitrogen and oxygen atoms in total. The van der Waals surface area contributed by atoms with Gasteiger partial charge in [-0.15, -0.1) is 11.3 Å². The Labute approximate surface area is 120 Å². The minimum Gasteiger partial charge on any atom is -0.481 e. The fourth-order valence-electron chi connectivity index (χ4n) is 2.93. The van der Waals surface area contributed by atoms with Crippen molar-refractivity contribution in [3.05, 3.63) is 28.8 Å². The number of nitrogens with one attached hydrogen (secondary N) is 1. The minimum atomic E-state index is -0.705. The summed E-state index contributed by atoms with van der Waals surface area (Å²) in [4.78, 5) is 15.9. The first-order chi connectivity index (χ1) is 9.72. The first kappa shape index (κ1) is 12.3. The van der Waals surface area contributed by atoms with Gasteiger partial charge in [-0.2, -0.15) is 0 Å². The third kappa shape index (κ3) is 2.01. The maximum Gasteiger partial charge on any atom is 0.307 e. The van der Waals surface area contributed by atoms with E-state index in [2.05, 4.69) is 23.5 Å². The summed E-state index contributed by atoms with van der Waals surface area (Å²) >= 11 is 1.79. The number of rotatable bonds is 3. The number of thiazole rings is 1. The maximum absolute atomic E-state index is 11.1. The van der Waals surface area contributed by atoms with Crippen molar-refractivity contribution in [3.8, 4) is 0 Å². The highest BCUT2D eigenvalue weighted by Gasteiger charge is 2.32. The predicted octanol–water partition coefficient (Wildman–Crippen LogP) is 2.91. The molecule has 20 heavy (non-hydrogen) atoms. The van der Waals surface area contributed by atoms with Crippen LogP contribution in [0.25, 0.3) is 10.2 Å². The average molecular weight is 288 g/mol. The van der Waals surface area contributed by atoms with E-state index in [4.69, 9.17) is 10.1 Å². The zero-order valence-electron chi connectivity index (χ0n) is 11.0. The first-order valence-electron chi connectivity index (χ1n) is 7.08. The van der Waals surface area contributed by atoms with E-state index in [0.29, 0.717) is 18.9 Å². The van der Waals surface area contributed by atoms with Crippen LogP contribution in [0.1, 0.15) is 41.8 Å². The largest absolute Gasteiger partial charge is 0.481 e. The van der Waals surface area contributed by atoms with Gasteiger partial charge in [-0.25, -0.2) is 4.98 Å². The summed E-state index contributed by atoms with van der Waals surface area (Å²) in [6, 6.07) is 6.38. The Kier molecular flexibility index (Phi) is 2.79. The van der Waals surface area contributed by atoms with Gasteiger partial charge in [0.1, 0.15) is 0 Å². The van der Waals surface area contributed by atoms with Gasteiger partial charge in [0.05, 0.1) is 21.1 Å². The zero-order valence-corrected chi connectivity index (χ0v) is 11.8. The van der Waals surface area contributed by atoms with Crippen LogP contribution in [0.15, 0.2) is 18.2 Å². The van der Waals surface area contributed by atoms with Gasteiger partial charge in [-0.05, 0) is 30.9 Å². The third-order valence-corrected chi connectivity index (χ3v) is 5.43. The SMILES string of the molecule is O=C(O)C1CNC(c2cccc3sc(C4CC4)nc23)C1. The molecule has 5 heteroatoms. The molecule has 104 valence electrons. The van der Waals surface area contributed by atoms with Crippen LogP contribution in [0.2, 0.25) is 0 Å². The normalized spacial score (nSPS) is 26.2. The molecule has 1 aromatic carbocycles. The number of carboxylic acids is 1. The Morgan fingerprint density at radius 2 is 2.25 bits per heavy atom. The summed E-state index contributed by atoms with van der Waals surface area (Å²) in [7, 11) is 0. The van der Waals surface area contributed by atoms with Crippen molar-refractivity contribution >= 4 is 27.5 Å². The molecule has 1 aliphatic heterocycles. The van der Waals surface area contributed by atoms with Crippen LogP contribution in [-0.4, -0.2) is 22.6 Å². The summed E-state index contributed by atoms with van der Waals surface area (Å²) in [6.45, 7) is 0.552. The van der Waals surface area contributed by atoms with Gasteiger partial charge in [0, 0.05) is 18.5 Å². The number of benzene rings is 1. The highest BCUT2D eigenvalue weighted by Crippen LogP contribution is 2.44. The molecule has 1 aliphatic carbocycles. The second-order valence-electron chi connectivity index (χ2n) is 5.75. The Morgan fingerprint density at radius 3 is 2.95 bits per heavy atom. The zero-order chi connectivity index (χ0) is 13.7. The van der Waals surface area contributed by atoms with Crippen molar-refractivity contribution < 1.29 is 9.90 Å². The second kappa shape index (κ2) is 4.53. The standard InChI is InChI=1S/C15H16N2O2S/c18-15(19)9-6-11(16-7-9)10-2-1-3-12-13(10)17-14(20-12)8-4-5-8/h1-3,8-9,11,16H,4-7H2,(H,18,19). The van der Waals surface area contributed by atoms with Crippen molar-refractivity contribution in [2.45, 2.75) is 31.2 Å². The van der Waals surface area contributed by atoms with Crippen LogP contribution in [0.4, 0.5) is 0 Å². The third-order valence-electron chi connectivity index (χ3n) is 4.25. The van der Waals surface area contributed by atoms with E-state index in [1.165, 1.54) is 22.5 Å². The fraction of sp³-hybridized carbons (Fsp3) is 0.467. The molecule has 1 saturated heterocycles. The van der Waals surface area contributed by atoms with E-state index < -0.39 is 5.97 Å². The van der Waals surface area contributed by atoms with Crippen molar-refractivity contribution in [1.29, 1.82) is 0 Å². The number of nitrogens with zero attached hydrogens (tertiary/aromatic N) is 1. The number of hydrogen-bond donors (Lipinski definition) is 2. The summed E-state index contributed by atoms with van der Waals surface area (Å²) in [5.41, 5.74) is 2.23. The fourth-order valence-corrected chi connectivity index (χ4v) is 4.11. The molecule has 2 aromatic rings. The van der Waals surface area contributed by atoms with E-state index >= 15 is 0 Å². The van der Waals surface area contributed by atoms with Crippen LogP contribution < -0.4 is 5.32 Å². The number of carboxylic acid groups (broad SMARTS) is 1. The molecule has 2 fully saturated rings. The number of aromatic nitrogens is 1. The number of fused-ring (bicyclic) bond motifs is 1. The summed E-state index contributed by atoms with van der Waals surface area (Å²) in [5, 5.41) is 13.7. The smallest absolute Gasteiger partial charge is 0.307 e. The lowest BCUT2D eigenvalue weighted by atomic mass is 9.99. The van der Waals surface area contributed by atoms with Crippen LogP contribution in [0, 0.1) is 5.92 Å². The molecular weight excluding hydrogens is 272 g/mol. The van der Waals surface area contributed by atoms with E-state index in [-0.39, 0.29) is 12.0 Å². The Hall–Kier alpha value is -1.46. The highest BCUT2D eigenvalue weighted by molar-refractivity contribution is 7.18. The van der Waals surface area contributed by atoms with Gasteiger partial charge in [0.2, 0.25) is 0 Å². The van der Waals surface area contributed by atoms with Gasteiger partial charge in [-0.1, -0.05) is 12.1 Å². The van der Waals surface area contributed by atoms with Crippen molar-refractivity contribution in [1.82, 2.24) is 10.3 Å². The molecule has 1 aromatic heterocycles. The van der Waals surface area contributed by atoms with Gasteiger partial charge >= 0.3 is 5.97 Å². The molecule has 2 atom stereocenters. The number of carbonyl (C=O) groups is 1. The van der Waals surface area contributed by atoms with Crippen LogP contribution >= 0.6 is 11.3 Å². The van der Waals surface area contributed by atoms with Crippen LogP contribution in [0.5, 0.6) is 0 Å². The van der Waals surface area contributed by atoms with E-state index in [0.717, 1.165) is 11.1 Å². The topological polar surface area (TPSA) is 62.2 Å². The van der Waals surface area contributed by atoms with Crippen LogP contribution in [0.3, 0.4) is 0 Å². The Balaban J connectivity index is 1.70. The van der Waals surface area contributed by atoms with Gasteiger partial charge in [0.25, 0.3) is 0 Å². The number of aliphatic carboxylic acids is 1. The molecular formula is C15H16N2O2S. The monoisotopic (exact) mass is 288 g/mol. The van der Waals surface area contributed by atoms with E-state index in [1.54, 1.807) is 11.3 Å². The van der Waals surface area contributed by atoms with Crippen LogP contribution in [-0.2, 0) is 4.79 Å². The summed E-state index contributed by atoms with van der Waals surface area (Å²) in [5.74, 6) is -0.315. The minimum absolute atomic E-state index is 0.119. The quantitative estimate of drug-likeness (QED) is 0.911. The summed E-state index contributed by atoms with van der Waals surface area (Å²) in [6.07, 6.45) is 3.18. The van der Waals surface area contributed by atoms with Crippen molar-refractivity contribution in [3.63, 3.8) is 0 Å². The molecule has 0 bridgehead atoms. The molecule has 2 unspecified atom stereocenters. The average Bonchev–Trinajstić information content (AvgIpc) is 3.02. The molecule has 1 saturated carbocycles. The van der Waals surface area contributed by atoms with Crippen molar-refractivity contribution in [2.24, 2.45) is 5.92 Å². The lowest BCUT2D eigenvalue weighted by Gasteiger charge is -2.11. The lowest BCUT2D eigenvalue weighted by molar-refractivity contribution is -0.141. The molecule has 2 N–H and O–H groups in total. The molecule has 0 amide bonds. The maximum atomic E-state index is 11.1. The second-order valence-corrected chi connectivity index (χ2v) is 6.81. The Morgan fingerprint density at radius 1 is 1.40 bits per heavy atom. The number of hydrogen-bond acceptors (Lipinski definition) is 4. The molecule has 2 aliphatic rings. The molecule has 4 rings (SSSR count). The predicted molar refractivity (Wildman–Crippen MR) is 78.1 cm³/mol. The highest BCUT2D eigenvalue weighted by atomic mass is 32.1. The van der Waals surface area contributed by atoms with E-state index in [9.17, 15) is 4.79 Å². The van der Waals surface area contributed by atoms with Gasteiger partial charge in [-0.3, -0.25) is 4.79 Å².